The summed E-state index contributed by atoms with van der Waals surface area (Å²) in [5.74, 6) is 0.386. The zero-order valence-electron chi connectivity index (χ0n) is 16.4. The molecule has 146 valence electrons. The van der Waals surface area contributed by atoms with Crippen molar-refractivity contribution in [3.63, 3.8) is 0 Å². The van der Waals surface area contributed by atoms with Crippen molar-refractivity contribution in [1.82, 2.24) is 0 Å². The molecule has 0 aliphatic rings. The fourth-order valence-electron chi connectivity index (χ4n) is 2.46. The Morgan fingerprint density at radius 3 is 2.71 bits per heavy atom. The Balaban J connectivity index is 2.31. The van der Waals surface area contributed by atoms with Gasteiger partial charge in [-0.3, -0.25) is 4.79 Å². The van der Waals surface area contributed by atoms with Gasteiger partial charge in [-0.05, 0) is 61.7 Å². The Labute approximate surface area is 170 Å². The molecule has 28 heavy (non-hydrogen) atoms. The number of nitriles is 1. The van der Waals surface area contributed by atoms with Gasteiger partial charge in [0.05, 0.1) is 18.2 Å². The van der Waals surface area contributed by atoms with Crippen LogP contribution < -0.4 is 14.8 Å². The lowest BCUT2D eigenvalue weighted by atomic mass is 10.1. The molecule has 0 spiro atoms. The van der Waals surface area contributed by atoms with Gasteiger partial charge in [0.1, 0.15) is 11.6 Å². The van der Waals surface area contributed by atoms with Gasteiger partial charge in [-0.15, -0.1) is 0 Å². The topological polar surface area (TPSA) is 71.3 Å². The second-order valence-electron chi connectivity index (χ2n) is 6.36. The van der Waals surface area contributed by atoms with E-state index in [-0.39, 0.29) is 11.7 Å². The lowest BCUT2D eigenvalue weighted by Crippen LogP contribution is -2.13. The van der Waals surface area contributed by atoms with Crippen LogP contribution in [0, 0.1) is 18.3 Å². The van der Waals surface area contributed by atoms with Gasteiger partial charge in [0.2, 0.25) is 0 Å². The normalized spacial score (nSPS) is 12.1. The molecule has 0 fully saturated rings. The number of nitrogens with one attached hydrogen (secondary N) is 1. The van der Waals surface area contributed by atoms with Gasteiger partial charge in [-0.2, -0.15) is 5.26 Å². The van der Waals surface area contributed by atoms with E-state index >= 15 is 0 Å². The van der Waals surface area contributed by atoms with E-state index in [1.54, 1.807) is 18.2 Å². The predicted octanol–water partition coefficient (Wildman–Crippen LogP) is 5.38. The number of benzene rings is 2. The number of amides is 1. The van der Waals surface area contributed by atoms with E-state index in [4.69, 9.17) is 21.1 Å². The van der Waals surface area contributed by atoms with Crippen molar-refractivity contribution in [1.29, 1.82) is 5.26 Å². The van der Waals surface area contributed by atoms with Crippen molar-refractivity contribution < 1.29 is 14.3 Å². The molecule has 5 nitrogen and oxygen atoms in total. The van der Waals surface area contributed by atoms with Crippen LogP contribution in [0.15, 0.2) is 42.0 Å². The van der Waals surface area contributed by atoms with Gasteiger partial charge in [-0.1, -0.05) is 30.7 Å². The summed E-state index contributed by atoms with van der Waals surface area (Å²) in [6.07, 6.45) is 2.26. The number of carbonyl (C=O) groups is 1. The smallest absolute Gasteiger partial charge is 0.266 e. The summed E-state index contributed by atoms with van der Waals surface area (Å²) in [5, 5.41) is 12.5. The van der Waals surface area contributed by atoms with Crippen molar-refractivity contribution in [2.75, 3.05) is 12.4 Å². The Morgan fingerprint density at radius 1 is 1.36 bits per heavy atom. The first-order valence-corrected chi connectivity index (χ1v) is 9.29. The van der Waals surface area contributed by atoms with Crippen LogP contribution in [0.1, 0.15) is 31.4 Å². The molecule has 1 atom stereocenters. The van der Waals surface area contributed by atoms with Crippen molar-refractivity contribution in [3.8, 4) is 17.6 Å². The molecule has 0 aliphatic heterocycles. The van der Waals surface area contributed by atoms with Crippen molar-refractivity contribution in [2.45, 2.75) is 33.3 Å². The van der Waals surface area contributed by atoms with E-state index in [0.717, 1.165) is 12.0 Å². The third-order valence-corrected chi connectivity index (χ3v) is 4.38. The van der Waals surface area contributed by atoms with Crippen molar-refractivity contribution >= 4 is 29.3 Å². The third-order valence-electron chi connectivity index (χ3n) is 4.10. The highest BCUT2D eigenvalue weighted by Gasteiger charge is 2.16. The molecular weight excluding hydrogens is 376 g/mol. The number of hydrogen-bond acceptors (Lipinski definition) is 4. The van der Waals surface area contributed by atoms with Gasteiger partial charge >= 0.3 is 0 Å². The monoisotopic (exact) mass is 398 g/mol. The lowest BCUT2D eigenvalue weighted by molar-refractivity contribution is -0.112. The first-order chi connectivity index (χ1) is 13.4. The largest absolute Gasteiger partial charge is 0.493 e. The summed E-state index contributed by atoms with van der Waals surface area (Å²) in [7, 11) is 1.51. The highest BCUT2D eigenvalue weighted by molar-refractivity contribution is 6.32. The Kier molecular flexibility index (Phi) is 7.48. The molecule has 2 aromatic rings. The van der Waals surface area contributed by atoms with E-state index < -0.39 is 5.91 Å². The second-order valence-corrected chi connectivity index (χ2v) is 6.77. The lowest BCUT2D eigenvalue weighted by Gasteiger charge is -2.17. The van der Waals surface area contributed by atoms with Crippen LogP contribution in [0.4, 0.5) is 5.69 Å². The summed E-state index contributed by atoms with van der Waals surface area (Å²) in [6.45, 7) is 5.87. The molecule has 1 N–H and O–H groups in total. The maximum absolute atomic E-state index is 12.5. The molecule has 0 aliphatic carbocycles. The van der Waals surface area contributed by atoms with Crippen LogP contribution >= 0.6 is 11.6 Å². The highest BCUT2D eigenvalue weighted by Crippen LogP contribution is 2.38. The fraction of sp³-hybridized carbons (Fsp3) is 0.273. The van der Waals surface area contributed by atoms with Crippen LogP contribution in [-0.2, 0) is 4.79 Å². The zero-order valence-corrected chi connectivity index (χ0v) is 17.1. The van der Waals surface area contributed by atoms with E-state index in [1.165, 1.54) is 13.2 Å². The molecule has 1 amide bonds. The number of ether oxygens (including phenoxy) is 2. The van der Waals surface area contributed by atoms with Crippen LogP contribution in [0.2, 0.25) is 5.02 Å². The van der Waals surface area contributed by atoms with E-state index in [2.05, 4.69) is 5.32 Å². The standard InChI is InChI=1S/C22H23ClN2O3/c1-5-15(3)28-21-19(23)11-16(12-20(21)27-4)10-17(13-24)22(26)25-18-8-6-7-14(2)9-18/h6-12,15H,5H2,1-4H3,(H,25,26)/b17-10-/t15-/m1/s1. The molecule has 6 heteroatoms. The summed E-state index contributed by atoms with van der Waals surface area (Å²) in [6, 6.07) is 12.6. The molecule has 0 unspecified atom stereocenters. The summed E-state index contributed by atoms with van der Waals surface area (Å²) in [5.41, 5.74) is 2.15. The van der Waals surface area contributed by atoms with Crippen molar-refractivity contribution in [2.24, 2.45) is 0 Å². The maximum Gasteiger partial charge on any atom is 0.266 e. The first kappa shape index (κ1) is 21.3. The zero-order chi connectivity index (χ0) is 20.7. The van der Waals surface area contributed by atoms with Gasteiger partial charge < -0.3 is 14.8 Å². The highest BCUT2D eigenvalue weighted by atomic mass is 35.5. The molecule has 2 aromatic carbocycles. The number of methoxy groups -OCH3 is 1. The number of halogens is 1. The number of carbonyl (C=O) groups excluding carboxylic acids is 1. The van der Waals surface area contributed by atoms with Gasteiger partial charge in [-0.25, -0.2) is 0 Å². The number of anilines is 1. The molecule has 0 radical (unpaired) electrons. The molecule has 0 bridgehead atoms. The first-order valence-electron chi connectivity index (χ1n) is 8.92. The molecule has 0 heterocycles. The van der Waals surface area contributed by atoms with Gasteiger partial charge in [0.25, 0.3) is 5.91 Å². The molecule has 0 saturated carbocycles. The summed E-state index contributed by atoms with van der Waals surface area (Å²) < 4.78 is 11.2. The van der Waals surface area contributed by atoms with Gasteiger partial charge in [0, 0.05) is 5.69 Å². The second kappa shape index (κ2) is 9.82. The summed E-state index contributed by atoms with van der Waals surface area (Å²) in [4.78, 5) is 12.5. The quantitative estimate of drug-likeness (QED) is 0.502. The number of aryl methyl sites for hydroxylation is 1. The number of rotatable bonds is 7. The van der Waals surface area contributed by atoms with E-state index in [1.807, 2.05) is 45.0 Å². The van der Waals surface area contributed by atoms with Crippen molar-refractivity contribution in [3.05, 3.63) is 58.1 Å². The van der Waals surface area contributed by atoms with Crippen LogP contribution in [0.3, 0.4) is 0 Å². The van der Waals surface area contributed by atoms with E-state index in [9.17, 15) is 10.1 Å². The molecule has 2 rings (SSSR count). The summed E-state index contributed by atoms with van der Waals surface area (Å²) >= 11 is 6.35. The minimum absolute atomic E-state index is 0.0254. The Hall–Kier alpha value is -2.97. The fourth-order valence-corrected chi connectivity index (χ4v) is 2.72. The Bertz CT molecular complexity index is 932. The number of nitrogens with zero attached hydrogens (tertiary/aromatic N) is 1. The minimum Gasteiger partial charge on any atom is -0.493 e. The van der Waals surface area contributed by atoms with Crippen LogP contribution in [-0.4, -0.2) is 19.1 Å². The van der Waals surface area contributed by atoms with E-state index in [0.29, 0.717) is 27.8 Å². The average Bonchev–Trinajstić information content (AvgIpc) is 2.67. The molecular formula is C22H23ClN2O3. The van der Waals surface area contributed by atoms with Crippen LogP contribution in [0.25, 0.3) is 6.08 Å². The molecule has 0 saturated heterocycles. The maximum atomic E-state index is 12.5. The number of hydrogen-bond donors (Lipinski definition) is 1. The average molecular weight is 399 g/mol. The predicted molar refractivity (Wildman–Crippen MR) is 112 cm³/mol. The SMILES string of the molecule is CC[C@@H](C)Oc1c(Cl)cc(/C=C(/C#N)C(=O)Nc2cccc(C)c2)cc1OC. The third kappa shape index (κ3) is 5.51. The molecule has 0 aromatic heterocycles. The minimum atomic E-state index is -0.497. The van der Waals surface area contributed by atoms with Crippen LogP contribution in [0.5, 0.6) is 11.5 Å². The Morgan fingerprint density at radius 2 is 2.11 bits per heavy atom. The van der Waals surface area contributed by atoms with Gasteiger partial charge in [0.15, 0.2) is 11.5 Å².